The van der Waals surface area contributed by atoms with Crippen molar-refractivity contribution in [2.75, 3.05) is 12.4 Å². The Balaban J connectivity index is 1.60. The van der Waals surface area contributed by atoms with Gasteiger partial charge in [-0.3, -0.25) is 19.9 Å². The molecule has 0 saturated heterocycles. The van der Waals surface area contributed by atoms with Gasteiger partial charge in [0.15, 0.2) is 5.82 Å². The average Bonchev–Trinajstić information content (AvgIpc) is 3.58. The van der Waals surface area contributed by atoms with Crippen molar-refractivity contribution in [3.05, 3.63) is 75.3 Å². The Morgan fingerprint density at radius 2 is 2.06 bits per heavy atom. The maximum atomic E-state index is 11.8. The molecule has 33 heavy (non-hydrogen) atoms. The van der Waals surface area contributed by atoms with Gasteiger partial charge in [0, 0.05) is 29.8 Å². The molecule has 1 fully saturated rings. The van der Waals surface area contributed by atoms with Crippen molar-refractivity contribution >= 4 is 34.1 Å². The van der Waals surface area contributed by atoms with E-state index in [1.54, 1.807) is 42.6 Å². The number of hydrogen-bond donors (Lipinski definition) is 3. The van der Waals surface area contributed by atoms with Crippen LogP contribution in [0.15, 0.2) is 54.6 Å². The predicted octanol–water partition coefficient (Wildman–Crippen LogP) is 4.03. The number of nitrogens with one attached hydrogen (secondary N) is 2. The van der Waals surface area contributed by atoms with Crippen molar-refractivity contribution in [1.29, 1.82) is 0 Å². The molecule has 0 aliphatic heterocycles. The van der Waals surface area contributed by atoms with Gasteiger partial charge in [0.2, 0.25) is 0 Å². The fraction of sp³-hybridized carbons (Fsp3) is 0.182. The zero-order chi connectivity index (χ0) is 23.5. The van der Waals surface area contributed by atoms with Crippen LogP contribution in [0.25, 0.3) is 10.9 Å². The average molecular weight is 470 g/mol. The molecule has 0 unspecified atom stereocenters. The van der Waals surface area contributed by atoms with Crippen LogP contribution in [-0.2, 0) is 0 Å². The van der Waals surface area contributed by atoms with Crippen LogP contribution in [0.5, 0.6) is 17.2 Å². The number of hydrogen-bond acceptors (Lipinski definition) is 8. The van der Waals surface area contributed by atoms with Gasteiger partial charge in [-0.25, -0.2) is 0 Å². The van der Waals surface area contributed by atoms with Gasteiger partial charge in [-0.05, 0) is 37.1 Å². The van der Waals surface area contributed by atoms with Crippen LogP contribution in [-0.4, -0.2) is 29.0 Å². The molecule has 3 aromatic rings. The molecule has 4 rings (SSSR count). The van der Waals surface area contributed by atoms with Crippen LogP contribution in [0.2, 0.25) is 5.02 Å². The number of anilines is 1. The third-order valence-electron chi connectivity index (χ3n) is 4.90. The number of methoxy groups -OCH3 is 1. The molecule has 1 amide bonds. The molecule has 0 atom stereocenters. The zero-order valence-corrected chi connectivity index (χ0v) is 18.3. The van der Waals surface area contributed by atoms with Gasteiger partial charge in [0.05, 0.1) is 33.8 Å². The number of ether oxygens (including phenoxy) is 2. The van der Waals surface area contributed by atoms with Gasteiger partial charge >= 0.3 is 0 Å². The lowest BCUT2D eigenvalue weighted by molar-refractivity contribution is -0.403. The van der Waals surface area contributed by atoms with Gasteiger partial charge in [0.1, 0.15) is 17.2 Å². The first-order valence-corrected chi connectivity index (χ1v) is 10.3. The quantitative estimate of drug-likeness (QED) is 0.315. The predicted molar refractivity (Wildman–Crippen MR) is 123 cm³/mol. The number of aromatic nitrogens is 1. The number of pyridine rings is 1. The van der Waals surface area contributed by atoms with E-state index in [-0.39, 0.29) is 17.4 Å². The molecule has 1 saturated carbocycles. The van der Waals surface area contributed by atoms with E-state index in [9.17, 15) is 14.9 Å². The highest BCUT2D eigenvalue weighted by Gasteiger charge is 2.23. The Hall–Kier alpha value is -4.05. The second-order valence-corrected chi connectivity index (χ2v) is 7.77. The highest BCUT2D eigenvalue weighted by molar-refractivity contribution is 6.33. The number of halogens is 1. The first-order valence-electron chi connectivity index (χ1n) is 9.97. The topological polar surface area (TPSA) is 142 Å². The van der Waals surface area contributed by atoms with Gasteiger partial charge in [-0.1, -0.05) is 11.6 Å². The van der Waals surface area contributed by atoms with Gasteiger partial charge in [0.25, 0.3) is 12.1 Å². The number of benzene rings is 2. The molecular formula is C22H20ClN5O5. The summed E-state index contributed by atoms with van der Waals surface area (Å²) in [5, 5.41) is 17.8. The summed E-state index contributed by atoms with van der Waals surface area (Å²) in [7, 11) is 1.44. The van der Waals surface area contributed by atoms with E-state index < -0.39 is 10.8 Å². The summed E-state index contributed by atoms with van der Waals surface area (Å²) in [4.78, 5) is 26.5. The Bertz CT molecular complexity index is 1280. The number of amides is 1. The van der Waals surface area contributed by atoms with E-state index in [4.69, 9.17) is 26.8 Å². The van der Waals surface area contributed by atoms with E-state index in [1.807, 2.05) is 0 Å². The van der Waals surface area contributed by atoms with E-state index in [0.717, 1.165) is 19.0 Å². The number of nitrogens with two attached hydrogens (primary N) is 1. The Labute approximate surface area is 193 Å². The Kier molecular flexibility index (Phi) is 6.18. The number of carbonyl (C=O) groups excluding carboxylic acids is 1. The fourth-order valence-corrected chi connectivity index (χ4v) is 3.41. The minimum atomic E-state index is -0.639. The Morgan fingerprint density at radius 1 is 1.27 bits per heavy atom. The lowest BCUT2D eigenvalue weighted by atomic mass is 10.1. The number of rotatable bonds is 9. The molecule has 2 aromatic carbocycles. The summed E-state index contributed by atoms with van der Waals surface area (Å²) in [6.45, 7) is 0. The van der Waals surface area contributed by atoms with Crippen molar-refractivity contribution in [1.82, 2.24) is 10.3 Å². The van der Waals surface area contributed by atoms with Gasteiger partial charge in [-0.2, -0.15) is 0 Å². The molecule has 1 aliphatic rings. The van der Waals surface area contributed by atoms with E-state index in [1.165, 1.54) is 7.11 Å². The molecule has 1 heterocycles. The first-order chi connectivity index (χ1) is 15.8. The van der Waals surface area contributed by atoms with Crippen LogP contribution in [0.1, 0.15) is 23.2 Å². The number of nitro groups is 1. The number of nitrogens with zero attached hydrogens (tertiary/aromatic N) is 2. The third kappa shape index (κ3) is 5.24. The molecular weight excluding hydrogens is 450 g/mol. The summed E-state index contributed by atoms with van der Waals surface area (Å²) >= 11 is 6.40. The summed E-state index contributed by atoms with van der Waals surface area (Å²) in [6.07, 6.45) is 4.35. The number of carbonyl (C=O) groups is 1. The molecule has 0 spiro atoms. The summed E-state index contributed by atoms with van der Waals surface area (Å²) < 4.78 is 11.2. The van der Waals surface area contributed by atoms with Crippen LogP contribution >= 0.6 is 11.6 Å². The number of primary amides is 1. The molecule has 0 radical (unpaired) electrons. The van der Waals surface area contributed by atoms with E-state index >= 15 is 0 Å². The van der Waals surface area contributed by atoms with Crippen LogP contribution in [0, 0.1) is 10.1 Å². The molecule has 10 nitrogen and oxygen atoms in total. The van der Waals surface area contributed by atoms with Crippen LogP contribution in [0.3, 0.4) is 0 Å². The number of fused-ring (bicyclic) bond motifs is 1. The van der Waals surface area contributed by atoms with Crippen LogP contribution in [0.4, 0.5) is 5.69 Å². The Morgan fingerprint density at radius 3 is 2.70 bits per heavy atom. The maximum absolute atomic E-state index is 11.8. The second-order valence-electron chi connectivity index (χ2n) is 7.36. The molecule has 4 N–H and O–H groups in total. The molecule has 170 valence electrons. The minimum absolute atomic E-state index is 0.202. The maximum Gasteiger partial charge on any atom is 0.274 e. The standard InChI is InChI=1S/C22H20ClN5O5/c1-32-20-10-18-14(9-15(20)22(24)29)19(6-7-25-18)33-13-4-5-17(16(23)8-13)27-21(11-28(30)31)26-12-2-3-12/h4-12,26-27H,2-3H2,1H3,(H2,24,29)/b21-11+. The minimum Gasteiger partial charge on any atom is -0.496 e. The van der Waals surface area contributed by atoms with Crippen molar-refractivity contribution in [2.24, 2.45) is 5.73 Å². The first kappa shape index (κ1) is 22.2. The lowest BCUT2D eigenvalue weighted by Gasteiger charge is -2.14. The van der Waals surface area contributed by atoms with E-state index in [0.29, 0.717) is 38.9 Å². The van der Waals surface area contributed by atoms with E-state index in [2.05, 4.69) is 15.6 Å². The molecule has 0 bridgehead atoms. The summed E-state index contributed by atoms with van der Waals surface area (Å²) in [6, 6.07) is 9.94. The summed E-state index contributed by atoms with van der Waals surface area (Å²) in [5.74, 6) is 0.791. The largest absolute Gasteiger partial charge is 0.496 e. The highest BCUT2D eigenvalue weighted by Crippen LogP contribution is 2.35. The highest BCUT2D eigenvalue weighted by atomic mass is 35.5. The van der Waals surface area contributed by atoms with Gasteiger partial charge < -0.3 is 25.8 Å². The zero-order valence-electron chi connectivity index (χ0n) is 17.5. The second kappa shape index (κ2) is 9.21. The van der Waals surface area contributed by atoms with Crippen LogP contribution < -0.4 is 25.8 Å². The van der Waals surface area contributed by atoms with Crippen molar-refractivity contribution in [3.8, 4) is 17.2 Å². The monoisotopic (exact) mass is 469 g/mol. The lowest BCUT2D eigenvalue weighted by Crippen LogP contribution is -2.22. The fourth-order valence-electron chi connectivity index (χ4n) is 3.19. The van der Waals surface area contributed by atoms with Crippen molar-refractivity contribution in [2.45, 2.75) is 18.9 Å². The van der Waals surface area contributed by atoms with Gasteiger partial charge in [-0.15, -0.1) is 0 Å². The molecule has 11 heteroatoms. The third-order valence-corrected chi connectivity index (χ3v) is 5.21. The molecule has 1 aliphatic carbocycles. The van der Waals surface area contributed by atoms with Crippen molar-refractivity contribution in [3.63, 3.8) is 0 Å². The SMILES string of the molecule is COc1cc2nccc(Oc3ccc(N/C(=C/[N+](=O)[O-])NC4CC4)c(Cl)c3)c2cc1C(N)=O. The normalized spacial score (nSPS) is 13.5. The smallest absolute Gasteiger partial charge is 0.274 e. The summed E-state index contributed by atoms with van der Waals surface area (Å²) in [5.41, 5.74) is 6.70. The van der Waals surface area contributed by atoms with Crippen molar-refractivity contribution < 1.29 is 19.2 Å². The molecule has 1 aromatic heterocycles.